The van der Waals surface area contributed by atoms with E-state index >= 15 is 0 Å². The predicted molar refractivity (Wildman–Crippen MR) is 105 cm³/mol. The monoisotopic (exact) mass is 389 g/mol. The minimum atomic E-state index is -0.227. The lowest BCUT2D eigenvalue weighted by atomic mass is 10.0. The van der Waals surface area contributed by atoms with Crippen LogP contribution in [0.15, 0.2) is 41.0 Å². The quantitative estimate of drug-likeness (QED) is 0.822. The summed E-state index contributed by atoms with van der Waals surface area (Å²) in [6.07, 6.45) is 4.98. The molecule has 2 atom stereocenters. The Balaban J connectivity index is 0.00000210. The molecule has 144 valence electrons. The molecule has 0 saturated heterocycles. The van der Waals surface area contributed by atoms with Gasteiger partial charge in [-0.2, -0.15) is 0 Å². The van der Waals surface area contributed by atoms with E-state index in [-0.39, 0.29) is 36.0 Å². The molecule has 3 N–H and O–H groups in total. The van der Waals surface area contributed by atoms with Gasteiger partial charge >= 0.3 is 0 Å². The SMILES string of the molecule is Cl.NCC1CCCC1NC(=O)c1occc1CN1C(=O)Cc2ccccc21. The van der Waals surface area contributed by atoms with Crippen LogP contribution in [0.2, 0.25) is 0 Å². The summed E-state index contributed by atoms with van der Waals surface area (Å²) in [5.41, 5.74) is 8.44. The molecule has 0 spiro atoms. The Hall–Kier alpha value is -2.31. The van der Waals surface area contributed by atoms with Crippen molar-refractivity contribution in [1.82, 2.24) is 5.32 Å². The summed E-state index contributed by atoms with van der Waals surface area (Å²) in [4.78, 5) is 26.8. The first-order chi connectivity index (χ1) is 12.7. The number of nitrogens with zero attached hydrogens (tertiary/aromatic N) is 1. The van der Waals surface area contributed by atoms with Gasteiger partial charge in [-0.3, -0.25) is 9.59 Å². The molecule has 27 heavy (non-hydrogen) atoms. The van der Waals surface area contributed by atoms with Crippen LogP contribution in [0.5, 0.6) is 0 Å². The molecule has 1 saturated carbocycles. The van der Waals surface area contributed by atoms with Crippen molar-refractivity contribution >= 4 is 29.9 Å². The minimum Gasteiger partial charge on any atom is -0.459 e. The summed E-state index contributed by atoms with van der Waals surface area (Å²) in [7, 11) is 0. The number of carbonyl (C=O) groups excluding carboxylic acids is 2. The van der Waals surface area contributed by atoms with Gasteiger partial charge in [0, 0.05) is 17.3 Å². The van der Waals surface area contributed by atoms with Crippen LogP contribution >= 0.6 is 12.4 Å². The molecule has 0 radical (unpaired) electrons. The highest BCUT2D eigenvalue weighted by Gasteiger charge is 2.31. The average Bonchev–Trinajstić information content (AvgIpc) is 3.35. The summed E-state index contributed by atoms with van der Waals surface area (Å²) in [5, 5.41) is 3.06. The molecule has 2 heterocycles. The molecule has 2 aliphatic rings. The third-order valence-electron chi connectivity index (χ3n) is 5.48. The van der Waals surface area contributed by atoms with Gasteiger partial charge in [0.25, 0.3) is 5.91 Å². The van der Waals surface area contributed by atoms with Crippen LogP contribution in [-0.2, 0) is 17.8 Å². The average molecular weight is 390 g/mol. The van der Waals surface area contributed by atoms with Crippen LogP contribution in [-0.4, -0.2) is 24.4 Å². The van der Waals surface area contributed by atoms with Gasteiger partial charge < -0.3 is 20.4 Å². The topological polar surface area (TPSA) is 88.6 Å². The molecule has 7 heteroatoms. The molecule has 1 aliphatic carbocycles. The van der Waals surface area contributed by atoms with Crippen LogP contribution in [0.1, 0.15) is 40.9 Å². The normalized spacial score (nSPS) is 21.1. The first-order valence-electron chi connectivity index (χ1n) is 9.13. The smallest absolute Gasteiger partial charge is 0.287 e. The highest BCUT2D eigenvalue weighted by atomic mass is 35.5. The number of fused-ring (bicyclic) bond motifs is 1. The Kier molecular flexibility index (Phi) is 5.87. The third-order valence-corrected chi connectivity index (χ3v) is 5.48. The van der Waals surface area contributed by atoms with Crippen LogP contribution in [0.3, 0.4) is 0 Å². The number of nitrogens with one attached hydrogen (secondary N) is 1. The fourth-order valence-corrected chi connectivity index (χ4v) is 4.06. The summed E-state index contributed by atoms with van der Waals surface area (Å²) in [6.45, 7) is 0.912. The molecule has 2 amide bonds. The van der Waals surface area contributed by atoms with Crippen LogP contribution < -0.4 is 16.0 Å². The maximum atomic E-state index is 12.7. The first-order valence-corrected chi connectivity index (χ1v) is 9.13. The van der Waals surface area contributed by atoms with Gasteiger partial charge in [0.2, 0.25) is 5.91 Å². The van der Waals surface area contributed by atoms with Crippen molar-refractivity contribution in [3.63, 3.8) is 0 Å². The number of para-hydroxylation sites is 1. The van der Waals surface area contributed by atoms with Gasteiger partial charge in [-0.05, 0) is 43.0 Å². The van der Waals surface area contributed by atoms with Crippen molar-refractivity contribution in [3.05, 3.63) is 53.5 Å². The second kappa shape index (κ2) is 8.15. The van der Waals surface area contributed by atoms with E-state index in [9.17, 15) is 9.59 Å². The number of amides is 2. The van der Waals surface area contributed by atoms with Crippen LogP contribution in [0.4, 0.5) is 5.69 Å². The number of halogens is 1. The maximum absolute atomic E-state index is 12.7. The molecule has 1 aromatic carbocycles. The Labute approximate surface area is 164 Å². The largest absolute Gasteiger partial charge is 0.459 e. The summed E-state index contributed by atoms with van der Waals surface area (Å²) in [5.74, 6) is 0.419. The lowest BCUT2D eigenvalue weighted by molar-refractivity contribution is -0.117. The Morgan fingerprint density at radius 3 is 2.89 bits per heavy atom. The Bertz CT molecular complexity index is 835. The van der Waals surface area contributed by atoms with Crippen LogP contribution in [0.25, 0.3) is 0 Å². The van der Waals surface area contributed by atoms with Crippen LogP contribution in [0, 0.1) is 5.92 Å². The molecule has 6 nitrogen and oxygen atoms in total. The van der Waals surface area contributed by atoms with Gasteiger partial charge in [-0.1, -0.05) is 24.6 Å². The summed E-state index contributed by atoms with van der Waals surface area (Å²) < 4.78 is 5.46. The van der Waals surface area contributed by atoms with Gasteiger partial charge in [0.15, 0.2) is 5.76 Å². The number of rotatable bonds is 5. The van der Waals surface area contributed by atoms with Crippen molar-refractivity contribution in [2.75, 3.05) is 11.4 Å². The summed E-state index contributed by atoms with van der Waals surface area (Å²) in [6, 6.07) is 9.60. The van der Waals surface area contributed by atoms with Gasteiger partial charge in [0.05, 0.1) is 19.2 Å². The predicted octanol–water partition coefficient (Wildman–Crippen LogP) is 2.65. The number of benzene rings is 1. The zero-order chi connectivity index (χ0) is 18.1. The number of nitrogens with two attached hydrogens (primary N) is 1. The van der Waals surface area contributed by atoms with Crippen molar-refractivity contribution in [2.45, 2.75) is 38.3 Å². The van der Waals surface area contributed by atoms with E-state index in [1.807, 2.05) is 24.3 Å². The number of hydrogen-bond acceptors (Lipinski definition) is 4. The van der Waals surface area contributed by atoms with Gasteiger partial charge in [-0.25, -0.2) is 0 Å². The molecule has 2 unspecified atom stereocenters. The van der Waals surface area contributed by atoms with E-state index in [0.717, 1.165) is 36.1 Å². The molecular formula is C20H24ClN3O3. The van der Waals surface area contributed by atoms with Crippen molar-refractivity contribution in [1.29, 1.82) is 0 Å². The number of anilines is 1. The zero-order valence-corrected chi connectivity index (χ0v) is 15.8. The van der Waals surface area contributed by atoms with Crippen molar-refractivity contribution < 1.29 is 14.0 Å². The molecule has 1 fully saturated rings. The highest BCUT2D eigenvalue weighted by Crippen LogP contribution is 2.31. The van der Waals surface area contributed by atoms with Crippen molar-refractivity contribution in [3.8, 4) is 0 Å². The third kappa shape index (κ3) is 3.73. The fourth-order valence-electron chi connectivity index (χ4n) is 4.06. The van der Waals surface area contributed by atoms with E-state index in [0.29, 0.717) is 25.4 Å². The highest BCUT2D eigenvalue weighted by molar-refractivity contribution is 6.01. The zero-order valence-electron chi connectivity index (χ0n) is 15.0. The summed E-state index contributed by atoms with van der Waals surface area (Å²) >= 11 is 0. The Morgan fingerprint density at radius 1 is 1.26 bits per heavy atom. The minimum absolute atomic E-state index is 0. The second-order valence-electron chi connectivity index (χ2n) is 7.07. The van der Waals surface area contributed by atoms with Gasteiger partial charge in [0.1, 0.15) is 0 Å². The second-order valence-corrected chi connectivity index (χ2v) is 7.07. The van der Waals surface area contributed by atoms with E-state index in [2.05, 4.69) is 5.32 Å². The molecule has 1 aromatic heterocycles. The molecular weight excluding hydrogens is 366 g/mol. The first kappa shape index (κ1) is 19.5. The van der Waals surface area contributed by atoms with Crippen molar-refractivity contribution in [2.24, 2.45) is 11.7 Å². The van der Waals surface area contributed by atoms with Gasteiger partial charge in [-0.15, -0.1) is 12.4 Å². The lowest BCUT2D eigenvalue weighted by Gasteiger charge is -2.20. The van der Waals surface area contributed by atoms with E-state index in [1.54, 1.807) is 11.0 Å². The standard InChI is InChI=1S/C20H23N3O3.ClH/c21-11-14-5-3-6-16(14)22-20(25)19-15(8-9-26-19)12-23-17-7-2-1-4-13(17)10-18(23)24;/h1-2,4,7-9,14,16H,3,5-6,10-12,21H2,(H,22,25);1H. The van der Waals surface area contributed by atoms with E-state index < -0.39 is 0 Å². The fraction of sp³-hybridized carbons (Fsp3) is 0.400. The molecule has 4 rings (SSSR count). The molecule has 2 aromatic rings. The maximum Gasteiger partial charge on any atom is 0.287 e. The van der Waals surface area contributed by atoms with E-state index in [4.69, 9.17) is 10.2 Å². The van der Waals surface area contributed by atoms with E-state index in [1.165, 1.54) is 6.26 Å². The molecule has 0 bridgehead atoms. The number of carbonyl (C=O) groups is 2. The lowest BCUT2D eigenvalue weighted by Crippen LogP contribution is -2.40. The Morgan fingerprint density at radius 2 is 2.07 bits per heavy atom. The number of hydrogen-bond donors (Lipinski definition) is 2. The molecule has 1 aliphatic heterocycles. The number of furan rings is 1.